The van der Waals surface area contributed by atoms with E-state index in [1.807, 2.05) is 18.2 Å². The molecule has 3 aromatic rings. The van der Waals surface area contributed by atoms with Crippen molar-refractivity contribution in [3.63, 3.8) is 0 Å². The number of aliphatic hydroxyl groups excluding tert-OH is 4. The number of aliphatic hydroxyl groups is 4. The van der Waals surface area contributed by atoms with Gasteiger partial charge in [-0.15, -0.1) is 5.10 Å². The van der Waals surface area contributed by atoms with Gasteiger partial charge in [0.05, 0.1) is 6.61 Å². The number of hydrogen-bond donors (Lipinski definition) is 4. The smallest absolute Gasteiger partial charge is 0.330 e. The Morgan fingerprint density at radius 1 is 1.04 bits per heavy atom. The molecule has 0 unspecified atom stereocenters. The van der Waals surface area contributed by atoms with Crippen molar-refractivity contribution in [1.29, 1.82) is 0 Å². The van der Waals surface area contributed by atoms with Gasteiger partial charge < -0.3 is 29.6 Å². The van der Waals surface area contributed by atoms with Crippen LogP contribution in [-0.2, 0) is 4.74 Å². The summed E-state index contributed by atoms with van der Waals surface area (Å²) in [5.74, 6) is 0.315. The van der Waals surface area contributed by atoms with Crippen molar-refractivity contribution < 1.29 is 29.6 Å². The second-order valence-corrected chi connectivity index (χ2v) is 6.96. The van der Waals surface area contributed by atoms with Crippen LogP contribution in [0, 0.1) is 9.54 Å². The first-order valence-corrected chi connectivity index (χ1v) is 9.12. The lowest BCUT2D eigenvalue weighted by molar-refractivity contribution is -0.252. The summed E-state index contributed by atoms with van der Waals surface area (Å²) >= 11 is 10.7. The number of rotatable bonds is 3. The molecule has 0 amide bonds. The average molecular weight is 424 g/mol. The van der Waals surface area contributed by atoms with Crippen LogP contribution in [0.15, 0.2) is 34.7 Å². The lowest BCUT2D eigenvalue weighted by Crippen LogP contribution is -2.56. The molecule has 1 aliphatic heterocycles. The summed E-state index contributed by atoms with van der Waals surface area (Å²) in [5, 5.41) is 44.0. The van der Waals surface area contributed by atoms with E-state index in [-0.39, 0.29) is 21.3 Å². The van der Waals surface area contributed by atoms with Crippen LogP contribution in [0.1, 0.15) is 6.23 Å². The Kier molecular flexibility index (Phi) is 5.09. The third kappa shape index (κ3) is 3.08. The maximum atomic E-state index is 10.4. The minimum atomic E-state index is -1.58. The maximum Gasteiger partial charge on any atom is 0.330 e. The van der Waals surface area contributed by atoms with E-state index in [9.17, 15) is 20.4 Å². The molecule has 1 aromatic carbocycles. The van der Waals surface area contributed by atoms with Crippen molar-refractivity contribution in [2.24, 2.45) is 0 Å². The summed E-state index contributed by atoms with van der Waals surface area (Å²) in [6.07, 6.45) is -7.04. The third-order valence-electron chi connectivity index (χ3n) is 4.49. The van der Waals surface area contributed by atoms with Crippen molar-refractivity contribution in [1.82, 2.24) is 19.2 Å². The Bertz CT molecular complexity index is 1110. The van der Waals surface area contributed by atoms with Crippen LogP contribution in [-0.4, -0.2) is 70.6 Å². The highest BCUT2D eigenvalue weighted by atomic mass is 32.1. The fourth-order valence-electron chi connectivity index (χ4n) is 3.01. The van der Waals surface area contributed by atoms with Gasteiger partial charge in [-0.25, -0.2) is 0 Å². The van der Waals surface area contributed by atoms with Crippen molar-refractivity contribution in [2.45, 2.75) is 30.6 Å². The van der Waals surface area contributed by atoms with Gasteiger partial charge in [0, 0.05) is 5.56 Å². The molecule has 4 N–H and O–H groups in total. The highest BCUT2D eigenvalue weighted by Crippen LogP contribution is 2.29. The SMILES string of the molecule is OC[C@H]1O[C@@H](n2c(=S)nc3oc(-c4ccccc4)nn3c2=S)[C@H](O)[C@@H](O)[C@H]1O. The summed E-state index contributed by atoms with van der Waals surface area (Å²) < 4.78 is 13.5. The van der Waals surface area contributed by atoms with Crippen LogP contribution in [0.4, 0.5) is 0 Å². The Morgan fingerprint density at radius 2 is 1.75 bits per heavy atom. The molecule has 0 saturated carbocycles. The minimum Gasteiger partial charge on any atom is -0.403 e. The summed E-state index contributed by atoms with van der Waals surface area (Å²) in [4.78, 5) is 4.13. The molecule has 3 heterocycles. The first kappa shape index (κ1) is 19.3. The molecule has 0 aliphatic carbocycles. The van der Waals surface area contributed by atoms with Gasteiger partial charge in [0.15, 0.2) is 6.23 Å². The number of aromatic nitrogens is 4. The summed E-state index contributed by atoms with van der Waals surface area (Å²) in [6.45, 7) is -0.577. The summed E-state index contributed by atoms with van der Waals surface area (Å²) in [5.41, 5.74) is 0.702. The van der Waals surface area contributed by atoms with Gasteiger partial charge in [0.1, 0.15) is 24.4 Å². The van der Waals surface area contributed by atoms with E-state index >= 15 is 0 Å². The van der Waals surface area contributed by atoms with E-state index in [0.29, 0.717) is 5.56 Å². The van der Waals surface area contributed by atoms with E-state index in [1.54, 1.807) is 12.1 Å². The first-order chi connectivity index (χ1) is 13.4. The molecular weight excluding hydrogens is 408 g/mol. The third-order valence-corrected chi connectivity index (χ3v) is 5.14. The Hall–Kier alpha value is -2.06. The summed E-state index contributed by atoms with van der Waals surface area (Å²) in [6, 6.07) is 9.10. The van der Waals surface area contributed by atoms with Gasteiger partial charge >= 0.3 is 5.84 Å². The Morgan fingerprint density at radius 3 is 2.43 bits per heavy atom. The van der Waals surface area contributed by atoms with Crippen molar-refractivity contribution >= 4 is 30.3 Å². The molecule has 12 heteroatoms. The second kappa shape index (κ2) is 7.40. The van der Waals surface area contributed by atoms with E-state index in [2.05, 4.69) is 10.1 Å². The quantitative estimate of drug-likeness (QED) is 0.432. The molecule has 4 rings (SSSR count). The number of fused-ring (bicyclic) bond motifs is 1. The van der Waals surface area contributed by atoms with Gasteiger partial charge in [-0.2, -0.15) is 9.50 Å². The van der Waals surface area contributed by atoms with E-state index in [1.165, 1.54) is 9.08 Å². The van der Waals surface area contributed by atoms with E-state index < -0.39 is 37.3 Å². The lowest BCUT2D eigenvalue weighted by Gasteiger charge is -2.40. The van der Waals surface area contributed by atoms with Gasteiger partial charge in [-0.1, -0.05) is 18.2 Å². The monoisotopic (exact) mass is 424 g/mol. The molecule has 1 fully saturated rings. The molecule has 0 spiro atoms. The van der Waals surface area contributed by atoms with Crippen LogP contribution in [0.5, 0.6) is 0 Å². The molecular formula is C16H16N4O6S2. The van der Waals surface area contributed by atoms with Crippen LogP contribution in [0.2, 0.25) is 0 Å². The maximum absolute atomic E-state index is 10.4. The van der Waals surface area contributed by atoms with Gasteiger partial charge in [0.2, 0.25) is 15.4 Å². The number of hydrogen-bond acceptors (Lipinski definition) is 10. The lowest BCUT2D eigenvalue weighted by atomic mass is 9.98. The fraction of sp³-hybridized carbons (Fsp3) is 0.375. The number of nitrogens with zero attached hydrogens (tertiary/aromatic N) is 4. The zero-order valence-corrected chi connectivity index (χ0v) is 15.8. The zero-order chi connectivity index (χ0) is 20.0. The van der Waals surface area contributed by atoms with Crippen LogP contribution >= 0.6 is 24.4 Å². The fourth-order valence-corrected chi connectivity index (χ4v) is 3.64. The Labute approximate surface area is 167 Å². The number of benzene rings is 1. The van der Waals surface area contributed by atoms with Gasteiger partial charge in [0.25, 0.3) is 0 Å². The molecule has 0 bridgehead atoms. The normalized spacial score (nSPS) is 27.9. The molecule has 2 aromatic heterocycles. The first-order valence-electron chi connectivity index (χ1n) is 8.30. The molecule has 28 heavy (non-hydrogen) atoms. The highest BCUT2D eigenvalue weighted by molar-refractivity contribution is 7.72. The van der Waals surface area contributed by atoms with Gasteiger partial charge in [-0.05, 0) is 36.6 Å². The van der Waals surface area contributed by atoms with Crippen molar-refractivity contribution in [2.75, 3.05) is 6.61 Å². The molecule has 1 aliphatic rings. The standard InChI is InChI=1S/C16H16N4O6S2/c21-6-8-9(22)10(23)11(24)13(25-8)19-15(27)17-14-20(16(19)28)18-12(26-14)7-4-2-1-3-5-7/h1-5,8-11,13,21-24H,6H2/t8-,9+,10+,11-,13-/m1/s1. The molecule has 1 saturated heterocycles. The molecule has 148 valence electrons. The average Bonchev–Trinajstić information content (AvgIpc) is 3.13. The van der Waals surface area contributed by atoms with E-state index in [4.69, 9.17) is 33.6 Å². The van der Waals surface area contributed by atoms with Gasteiger partial charge in [-0.3, -0.25) is 4.57 Å². The van der Waals surface area contributed by atoms with Crippen molar-refractivity contribution in [3.05, 3.63) is 39.9 Å². The Balaban J connectivity index is 1.84. The molecule has 0 radical (unpaired) electrons. The minimum absolute atomic E-state index is 0.00487. The summed E-state index contributed by atoms with van der Waals surface area (Å²) in [7, 11) is 0. The molecule has 10 nitrogen and oxygen atoms in total. The van der Waals surface area contributed by atoms with Crippen LogP contribution < -0.4 is 0 Å². The highest BCUT2D eigenvalue weighted by Gasteiger charge is 2.44. The van der Waals surface area contributed by atoms with Crippen molar-refractivity contribution in [3.8, 4) is 11.5 Å². The van der Waals surface area contributed by atoms with E-state index in [0.717, 1.165) is 0 Å². The van der Waals surface area contributed by atoms with Crippen LogP contribution in [0.3, 0.4) is 0 Å². The zero-order valence-electron chi connectivity index (χ0n) is 14.2. The molecule has 5 atom stereocenters. The predicted octanol–water partition coefficient (Wildman–Crippen LogP) is 0.222. The number of ether oxygens (including phenoxy) is 1. The topological polar surface area (TPSA) is 138 Å². The van der Waals surface area contributed by atoms with Crippen LogP contribution in [0.25, 0.3) is 17.3 Å². The largest absolute Gasteiger partial charge is 0.403 e. The predicted molar refractivity (Wildman–Crippen MR) is 99.4 cm³/mol. The second-order valence-electron chi connectivity index (χ2n) is 6.23.